The summed E-state index contributed by atoms with van der Waals surface area (Å²) in [5, 5.41) is 9.31. The highest BCUT2D eigenvalue weighted by Crippen LogP contribution is 2.22. The maximum absolute atomic E-state index is 12.6. The molecule has 5 nitrogen and oxygen atoms in total. The first-order valence-corrected chi connectivity index (χ1v) is 8.18. The molecule has 1 aromatic heterocycles. The van der Waals surface area contributed by atoms with Crippen LogP contribution < -0.4 is 5.73 Å². The van der Waals surface area contributed by atoms with Gasteiger partial charge in [-0.15, -0.1) is 0 Å². The van der Waals surface area contributed by atoms with Crippen molar-refractivity contribution in [1.82, 2.24) is 9.47 Å². The number of amides is 1. The number of nitrogens with two attached hydrogens (primary N) is 1. The molecule has 0 atom stereocenters. The van der Waals surface area contributed by atoms with Crippen molar-refractivity contribution < 1.29 is 4.79 Å². The zero-order chi connectivity index (χ0) is 16.1. The Morgan fingerprint density at radius 1 is 1.32 bits per heavy atom. The molecule has 2 N–H and O–H groups in total. The van der Waals surface area contributed by atoms with Gasteiger partial charge in [0.2, 0.25) is 5.91 Å². The molecule has 1 aliphatic heterocycles. The molecule has 1 amide bonds. The van der Waals surface area contributed by atoms with Crippen molar-refractivity contribution in [1.29, 1.82) is 5.26 Å². The topological polar surface area (TPSA) is 75.0 Å². The van der Waals surface area contributed by atoms with Gasteiger partial charge in [0.25, 0.3) is 0 Å². The number of hydrogen-bond acceptors (Lipinski definition) is 3. The van der Waals surface area contributed by atoms with Crippen molar-refractivity contribution in [3.05, 3.63) is 17.5 Å². The lowest BCUT2D eigenvalue weighted by molar-refractivity contribution is -0.131. The van der Waals surface area contributed by atoms with Gasteiger partial charge in [-0.2, -0.15) is 5.26 Å². The Balaban J connectivity index is 2.20. The van der Waals surface area contributed by atoms with Gasteiger partial charge in [0, 0.05) is 18.8 Å². The number of nitrogens with zero attached hydrogens (tertiary/aromatic N) is 3. The normalized spacial score (nSPS) is 15.6. The van der Waals surface area contributed by atoms with Gasteiger partial charge in [-0.25, -0.2) is 0 Å². The summed E-state index contributed by atoms with van der Waals surface area (Å²) in [5.41, 5.74) is 8.06. The van der Waals surface area contributed by atoms with Crippen LogP contribution in [-0.2, 0) is 17.8 Å². The molecule has 0 aliphatic carbocycles. The average molecular weight is 302 g/mol. The van der Waals surface area contributed by atoms with Crippen molar-refractivity contribution in [3.8, 4) is 6.07 Å². The highest BCUT2D eigenvalue weighted by atomic mass is 16.2. The van der Waals surface area contributed by atoms with Crippen molar-refractivity contribution in [2.75, 3.05) is 18.8 Å². The highest BCUT2D eigenvalue weighted by Gasteiger charge is 2.20. The minimum absolute atomic E-state index is 0.0963. The van der Waals surface area contributed by atoms with E-state index < -0.39 is 0 Å². The molecule has 2 rings (SSSR count). The van der Waals surface area contributed by atoms with Crippen LogP contribution in [0.4, 0.5) is 5.69 Å². The Morgan fingerprint density at radius 3 is 2.50 bits per heavy atom. The lowest BCUT2D eigenvalue weighted by atomic mass is 10.1. The molecule has 0 bridgehead atoms. The van der Waals surface area contributed by atoms with E-state index in [0.717, 1.165) is 38.0 Å². The SMILES string of the molecule is CC(C)Cc1c(N)cc(C#N)n1CC(=O)N1CCCCCC1. The van der Waals surface area contributed by atoms with Gasteiger partial charge in [-0.05, 0) is 31.2 Å². The van der Waals surface area contributed by atoms with Gasteiger partial charge in [-0.3, -0.25) is 4.79 Å². The minimum Gasteiger partial charge on any atom is -0.397 e. The fraction of sp³-hybridized carbons (Fsp3) is 0.647. The lowest BCUT2D eigenvalue weighted by Gasteiger charge is -2.22. The Bertz CT molecular complexity index is 560. The summed E-state index contributed by atoms with van der Waals surface area (Å²) in [7, 11) is 0. The average Bonchev–Trinajstić information content (AvgIpc) is 2.70. The monoisotopic (exact) mass is 302 g/mol. The van der Waals surface area contributed by atoms with Crippen LogP contribution >= 0.6 is 0 Å². The third kappa shape index (κ3) is 3.82. The van der Waals surface area contributed by atoms with Crippen LogP contribution in [0.5, 0.6) is 0 Å². The van der Waals surface area contributed by atoms with Crippen molar-refractivity contribution >= 4 is 11.6 Å². The smallest absolute Gasteiger partial charge is 0.242 e. The molecular formula is C17H26N4O. The van der Waals surface area contributed by atoms with Crippen LogP contribution in [0.25, 0.3) is 0 Å². The first kappa shape index (κ1) is 16.4. The Morgan fingerprint density at radius 2 is 1.95 bits per heavy atom. The van der Waals surface area contributed by atoms with Crippen molar-refractivity contribution in [3.63, 3.8) is 0 Å². The second kappa shape index (κ2) is 7.35. The van der Waals surface area contributed by atoms with E-state index >= 15 is 0 Å². The van der Waals surface area contributed by atoms with E-state index in [9.17, 15) is 10.1 Å². The molecular weight excluding hydrogens is 276 g/mol. The number of anilines is 1. The number of aromatic nitrogens is 1. The summed E-state index contributed by atoms with van der Waals surface area (Å²) in [6, 6.07) is 3.85. The van der Waals surface area contributed by atoms with E-state index in [1.807, 2.05) is 9.47 Å². The summed E-state index contributed by atoms with van der Waals surface area (Å²) < 4.78 is 1.81. The summed E-state index contributed by atoms with van der Waals surface area (Å²) in [5.74, 6) is 0.523. The van der Waals surface area contributed by atoms with Gasteiger partial charge in [0.15, 0.2) is 0 Å². The van der Waals surface area contributed by atoms with Crippen molar-refractivity contribution in [2.24, 2.45) is 5.92 Å². The van der Waals surface area contributed by atoms with E-state index in [1.165, 1.54) is 12.8 Å². The molecule has 120 valence electrons. The van der Waals surface area contributed by atoms with Crippen LogP contribution in [0.2, 0.25) is 0 Å². The second-order valence-corrected chi connectivity index (χ2v) is 6.52. The van der Waals surface area contributed by atoms with Crippen LogP contribution in [0.1, 0.15) is 50.9 Å². The molecule has 0 aromatic carbocycles. The molecule has 1 aromatic rings. The largest absolute Gasteiger partial charge is 0.397 e. The number of carbonyl (C=O) groups is 1. The van der Waals surface area contributed by atoms with Crippen LogP contribution in [0, 0.1) is 17.2 Å². The summed E-state index contributed by atoms with van der Waals surface area (Å²) in [6.07, 6.45) is 5.32. The van der Waals surface area contributed by atoms with E-state index in [4.69, 9.17) is 5.73 Å². The summed E-state index contributed by atoms with van der Waals surface area (Å²) in [6.45, 7) is 6.11. The molecule has 0 saturated carbocycles. The number of likely N-dealkylation sites (tertiary alicyclic amines) is 1. The molecule has 0 radical (unpaired) electrons. The van der Waals surface area contributed by atoms with Gasteiger partial charge < -0.3 is 15.2 Å². The number of hydrogen-bond donors (Lipinski definition) is 1. The van der Waals surface area contributed by atoms with Gasteiger partial charge in [-0.1, -0.05) is 26.7 Å². The third-order valence-corrected chi connectivity index (χ3v) is 4.21. The van der Waals surface area contributed by atoms with Gasteiger partial charge >= 0.3 is 0 Å². The minimum atomic E-state index is 0.0963. The number of carbonyl (C=O) groups excluding carboxylic acids is 1. The van der Waals surface area contributed by atoms with Crippen LogP contribution in [-0.4, -0.2) is 28.5 Å². The predicted molar refractivity (Wildman–Crippen MR) is 87.1 cm³/mol. The summed E-state index contributed by atoms with van der Waals surface area (Å²) >= 11 is 0. The van der Waals surface area contributed by atoms with Crippen LogP contribution in [0.15, 0.2) is 6.07 Å². The van der Waals surface area contributed by atoms with E-state index in [0.29, 0.717) is 17.3 Å². The predicted octanol–water partition coefficient (Wildman–Crippen LogP) is 2.54. The molecule has 22 heavy (non-hydrogen) atoms. The standard InChI is InChI=1S/C17H26N4O/c1-13(2)9-16-15(19)10-14(11-18)21(16)12-17(22)20-7-5-3-4-6-8-20/h10,13H,3-9,12,19H2,1-2H3. The van der Waals surface area contributed by atoms with Crippen LogP contribution in [0.3, 0.4) is 0 Å². The van der Waals surface area contributed by atoms with Gasteiger partial charge in [0.1, 0.15) is 18.3 Å². The molecule has 0 spiro atoms. The summed E-state index contributed by atoms with van der Waals surface area (Å²) in [4.78, 5) is 14.5. The first-order valence-electron chi connectivity index (χ1n) is 8.18. The zero-order valence-electron chi connectivity index (χ0n) is 13.6. The lowest BCUT2D eigenvalue weighted by Crippen LogP contribution is -2.35. The second-order valence-electron chi connectivity index (χ2n) is 6.52. The molecule has 1 fully saturated rings. The highest BCUT2D eigenvalue weighted by molar-refractivity contribution is 5.76. The van der Waals surface area contributed by atoms with E-state index in [2.05, 4.69) is 19.9 Å². The Hall–Kier alpha value is -1.96. The fourth-order valence-electron chi connectivity index (χ4n) is 3.05. The maximum Gasteiger partial charge on any atom is 0.242 e. The quantitative estimate of drug-likeness (QED) is 0.928. The molecule has 1 aliphatic rings. The van der Waals surface area contributed by atoms with E-state index in [-0.39, 0.29) is 12.5 Å². The Kier molecular flexibility index (Phi) is 5.48. The van der Waals surface area contributed by atoms with Gasteiger partial charge in [0.05, 0.1) is 5.69 Å². The molecule has 5 heteroatoms. The zero-order valence-corrected chi connectivity index (χ0v) is 13.6. The number of rotatable bonds is 4. The first-order chi connectivity index (χ1) is 10.5. The van der Waals surface area contributed by atoms with E-state index in [1.54, 1.807) is 6.07 Å². The Labute approximate surface area is 132 Å². The number of nitrogen functional groups attached to an aromatic ring is 1. The molecule has 2 heterocycles. The third-order valence-electron chi connectivity index (χ3n) is 4.21. The fourth-order valence-corrected chi connectivity index (χ4v) is 3.05. The molecule has 0 unspecified atom stereocenters. The molecule has 1 saturated heterocycles. The maximum atomic E-state index is 12.6. The number of nitriles is 1. The van der Waals surface area contributed by atoms with Crippen molar-refractivity contribution in [2.45, 2.75) is 52.5 Å².